The van der Waals surface area contributed by atoms with Gasteiger partial charge >= 0.3 is 6.03 Å². The second-order valence-electron chi connectivity index (χ2n) is 5.44. The van der Waals surface area contributed by atoms with Crippen molar-refractivity contribution in [3.05, 3.63) is 23.5 Å². The van der Waals surface area contributed by atoms with Crippen LogP contribution in [0.15, 0.2) is 23.5 Å². The average Bonchev–Trinajstić information content (AvgIpc) is 2.51. The number of carbonyl (C=O) groups is 1. The molecule has 0 fully saturated rings. The minimum absolute atomic E-state index is 0.0474. The van der Waals surface area contributed by atoms with Gasteiger partial charge in [-0.15, -0.1) is 0 Å². The lowest BCUT2D eigenvalue weighted by Crippen LogP contribution is -2.37. The number of hydrogen-bond acceptors (Lipinski definition) is 1. The molecule has 0 aliphatic carbocycles. The van der Waals surface area contributed by atoms with Crippen molar-refractivity contribution < 1.29 is 4.79 Å². The smallest absolute Gasteiger partial charge is 0.314 e. The molecule has 110 valence electrons. The third-order valence-electron chi connectivity index (χ3n) is 3.00. The Morgan fingerprint density at radius 1 is 0.947 bits per heavy atom. The Labute approximate surface area is 118 Å². The van der Waals surface area contributed by atoms with Crippen molar-refractivity contribution in [3.8, 4) is 0 Å². The third-order valence-corrected chi connectivity index (χ3v) is 3.00. The minimum Gasteiger partial charge on any atom is -0.314 e. The van der Waals surface area contributed by atoms with Gasteiger partial charge in [-0.2, -0.15) is 0 Å². The van der Waals surface area contributed by atoms with Gasteiger partial charge in [-0.3, -0.25) is 4.90 Å². The van der Waals surface area contributed by atoms with Crippen LogP contribution < -0.4 is 5.32 Å². The van der Waals surface area contributed by atoms with Gasteiger partial charge in [0.05, 0.1) is 0 Å². The Kier molecular flexibility index (Phi) is 7.50. The van der Waals surface area contributed by atoms with E-state index in [-0.39, 0.29) is 12.1 Å². The molecule has 1 aliphatic heterocycles. The molecule has 0 bridgehead atoms. The number of carbonyl (C=O) groups excluding carboxylic acids is 1. The lowest BCUT2D eigenvalue weighted by Gasteiger charge is -2.23. The van der Waals surface area contributed by atoms with E-state index in [0.717, 1.165) is 0 Å². The number of allylic oxidation sites excluding steroid dienone is 2. The van der Waals surface area contributed by atoms with E-state index in [2.05, 4.69) is 33.0 Å². The lowest BCUT2D eigenvalue weighted by atomic mass is 9.89. The molecule has 3 nitrogen and oxygen atoms in total. The zero-order valence-corrected chi connectivity index (χ0v) is 13.7. The molecule has 0 saturated carbocycles. The Morgan fingerprint density at radius 2 is 1.42 bits per heavy atom. The molecule has 0 atom stereocenters. The molecule has 0 radical (unpaired) electrons. The SMILES string of the molecule is CC.CC(C)C1=CNC(=O)N(C(C)C)C=C1C(C)C. The highest BCUT2D eigenvalue weighted by Crippen LogP contribution is 2.27. The van der Waals surface area contributed by atoms with Gasteiger partial charge in [0.2, 0.25) is 0 Å². The largest absolute Gasteiger partial charge is 0.325 e. The van der Waals surface area contributed by atoms with Crippen molar-refractivity contribution in [2.24, 2.45) is 11.8 Å². The molecule has 0 aromatic carbocycles. The second kappa shape index (κ2) is 8.03. The van der Waals surface area contributed by atoms with Crippen molar-refractivity contribution in [1.82, 2.24) is 10.2 Å². The zero-order valence-electron chi connectivity index (χ0n) is 13.7. The van der Waals surface area contributed by atoms with E-state index in [0.29, 0.717) is 11.8 Å². The van der Waals surface area contributed by atoms with Crippen LogP contribution in [0.2, 0.25) is 0 Å². The monoisotopic (exact) mass is 266 g/mol. The summed E-state index contributed by atoms with van der Waals surface area (Å²) >= 11 is 0. The third kappa shape index (κ3) is 4.73. The van der Waals surface area contributed by atoms with Crippen LogP contribution >= 0.6 is 0 Å². The number of nitrogens with one attached hydrogen (secondary N) is 1. The molecule has 0 unspecified atom stereocenters. The van der Waals surface area contributed by atoms with Crippen LogP contribution in [0.25, 0.3) is 0 Å². The molecule has 19 heavy (non-hydrogen) atoms. The van der Waals surface area contributed by atoms with Gasteiger partial charge in [0.15, 0.2) is 0 Å². The van der Waals surface area contributed by atoms with E-state index in [1.165, 1.54) is 11.1 Å². The van der Waals surface area contributed by atoms with E-state index in [1.807, 2.05) is 40.1 Å². The maximum Gasteiger partial charge on any atom is 0.325 e. The van der Waals surface area contributed by atoms with Crippen LogP contribution in [0.5, 0.6) is 0 Å². The fourth-order valence-electron chi connectivity index (χ4n) is 1.95. The summed E-state index contributed by atoms with van der Waals surface area (Å²) in [6.07, 6.45) is 3.87. The summed E-state index contributed by atoms with van der Waals surface area (Å²) in [5.74, 6) is 0.827. The first kappa shape index (κ1) is 17.8. The summed E-state index contributed by atoms with van der Waals surface area (Å²) in [6, 6.07) is 0.123. The predicted molar refractivity (Wildman–Crippen MR) is 82.7 cm³/mol. The average molecular weight is 266 g/mol. The number of urea groups is 1. The first-order valence-electron chi connectivity index (χ1n) is 7.35. The Bertz CT molecular complexity index is 352. The fourth-order valence-corrected chi connectivity index (χ4v) is 1.95. The van der Waals surface area contributed by atoms with Crippen molar-refractivity contribution >= 4 is 6.03 Å². The van der Waals surface area contributed by atoms with Crippen molar-refractivity contribution in [2.45, 2.75) is 61.4 Å². The molecule has 0 saturated heterocycles. The molecular weight excluding hydrogens is 236 g/mol. The molecule has 1 heterocycles. The minimum atomic E-state index is -0.0474. The highest BCUT2D eigenvalue weighted by molar-refractivity contribution is 5.78. The van der Waals surface area contributed by atoms with Crippen molar-refractivity contribution in [3.63, 3.8) is 0 Å². The normalized spacial score (nSPS) is 15.7. The van der Waals surface area contributed by atoms with Crippen LogP contribution in [0.3, 0.4) is 0 Å². The molecule has 0 aromatic rings. The van der Waals surface area contributed by atoms with Crippen LogP contribution in [-0.4, -0.2) is 17.0 Å². The van der Waals surface area contributed by atoms with E-state index in [1.54, 1.807) is 4.90 Å². The van der Waals surface area contributed by atoms with Crippen LogP contribution in [0.4, 0.5) is 4.79 Å². The molecular formula is C16H30N2O. The number of rotatable bonds is 3. The van der Waals surface area contributed by atoms with Crippen LogP contribution in [0.1, 0.15) is 55.4 Å². The van der Waals surface area contributed by atoms with Crippen molar-refractivity contribution in [2.75, 3.05) is 0 Å². The quantitative estimate of drug-likeness (QED) is 0.800. The van der Waals surface area contributed by atoms with Gasteiger partial charge in [-0.05, 0) is 36.8 Å². The standard InChI is InChI=1S/C14H24N2O.C2H6/c1-9(2)12-7-15-14(17)16(11(5)6)8-13(12)10(3)4;1-2/h7-11H,1-6H3,(H,15,17);1-2H3. The van der Waals surface area contributed by atoms with Gasteiger partial charge in [-0.1, -0.05) is 41.5 Å². The molecule has 1 rings (SSSR count). The topological polar surface area (TPSA) is 32.3 Å². The number of hydrogen-bond donors (Lipinski definition) is 1. The van der Waals surface area contributed by atoms with E-state index < -0.39 is 0 Å². The Morgan fingerprint density at radius 3 is 1.79 bits per heavy atom. The summed E-state index contributed by atoms with van der Waals surface area (Å²) in [7, 11) is 0. The maximum absolute atomic E-state index is 11.9. The Balaban J connectivity index is 0.00000154. The summed E-state index contributed by atoms with van der Waals surface area (Å²) in [4.78, 5) is 13.7. The number of amides is 2. The molecule has 3 heteroatoms. The zero-order chi connectivity index (χ0) is 15.2. The van der Waals surface area contributed by atoms with Gasteiger partial charge in [0.1, 0.15) is 0 Å². The van der Waals surface area contributed by atoms with Gasteiger partial charge in [0, 0.05) is 18.4 Å². The summed E-state index contributed by atoms with van der Waals surface area (Å²) in [6.45, 7) is 16.7. The van der Waals surface area contributed by atoms with Gasteiger partial charge in [0.25, 0.3) is 0 Å². The highest BCUT2D eigenvalue weighted by Gasteiger charge is 2.22. The predicted octanol–water partition coefficient (Wildman–Crippen LogP) is 4.53. The molecule has 0 spiro atoms. The molecule has 2 amide bonds. The first-order chi connectivity index (χ1) is 8.84. The lowest BCUT2D eigenvalue weighted by molar-refractivity contribution is 0.210. The van der Waals surface area contributed by atoms with E-state index in [4.69, 9.17) is 0 Å². The highest BCUT2D eigenvalue weighted by atomic mass is 16.2. The number of nitrogens with zero attached hydrogens (tertiary/aromatic N) is 1. The summed E-state index contributed by atoms with van der Waals surface area (Å²) < 4.78 is 0. The molecule has 1 aliphatic rings. The maximum atomic E-state index is 11.9. The molecule has 1 N–H and O–H groups in total. The summed E-state index contributed by atoms with van der Waals surface area (Å²) in [5, 5.41) is 2.87. The Hall–Kier alpha value is -1.25. The first-order valence-corrected chi connectivity index (χ1v) is 7.35. The van der Waals surface area contributed by atoms with Crippen LogP contribution in [0, 0.1) is 11.8 Å². The van der Waals surface area contributed by atoms with Gasteiger partial charge < -0.3 is 5.32 Å². The fraction of sp³-hybridized carbons (Fsp3) is 0.688. The second-order valence-corrected chi connectivity index (χ2v) is 5.44. The summed E-state index contributed by atoms with van der Waals surface area (Å²) in [5.41, 5.74) is 2.46. The van der Waals surface area contributed by atoms with Gasteiger partial charge in [-0.25, -0.2) is 4.79 Å². The van der Waals surface area contributed by atoms with Crippen LogP contribution in [-0.2, 0) is 0 Å². The molecule has 0 aromatic heterocycles. The van der Waals surface area contributed by atoms with E-state index in [9.17, 15) is 4.79 Å². The van der Waals surface area contributed by atoms with E-state index >= 15 is 0 Å². The van der Waals surface area contributed by atoms with Crippen molar-refractivity contribution in [1.29, 1.82) is 0 Å².